The number of anilines is 2. The van der Waals surface area contributed by atoms with Crippen molar-refractivity contribution in [2.45, 2.75) is 27.7 Å². The molecule has 0 unspecified atom stereocenters. The SMILES string of the molecule is Cc1ccc(C)c(N2[C]N(c3cc(C)ccc3C)CC2)c1. The Kier molecular flexibility index (Phi) is 3.62. The Balaban J connectivity index is 1.85. The van der Waals surface area contributed by atoms with Crippen molar-refractivity contribution >= 4 is 11.4 Å². The summed E-state index contributed by atoms with van der Waals surface area (Å²) in [6, 6.07) is 13.2. The standard InChI is InChI=1S/C19H22N2/c1-14-5-7-16(3)18(11-14)20-9-10-21(13-20)19-12-15(2)6-8-17(19)4/h5-8,11-12H,9-10H2,1-4H3. The van der Waals surface area contributed by atoms with Crippen molar-refractivity contribution in [1.29, 1.82) is 0 Å². The van der Waals surface area contributed by atoms with Crippen LogP contribution in [0.4, 0.5) is 11.4 Å². The highest BCUT2D eigenvalue weighted by molar-refractivity contribution is 5.64. The molecule has 2 aromatic carbocycles. The summed E-state index contributed by atoms with van der Waals surface area (Å²) in [6.07, 6.45) is 0. The molecule has 1 saturated heterocycles. The number of hydrogen-bond acceptors (Lipinski definition) is 2. The third kappa shape index (κ3) is 2.76. The number of hydrogen-bond donors (Lipinski definition) is 0. The Hall–Kier alpha value is -1.96. The van der Waals surface area contributed by atoms with E-state index < -0.39 is 0 Å². The lowest BCUT2D eigenvalue weighted by Gasteiger charge is -2.22. The van der Waals surface area contributed by atoms with Crippen LogP contribution in [0.25, 0.3) is 0 Å². The summed E-state index contributed by atoms with van der Waals surface area (Å²) < 4.78 is 0. The van der Waals surface area contributed by atoms with Gasteiger partial charge in [-0.2, -0.15) is 0 Å². The number of benzene rings is 2. The minimum Gasteiger partial charge on any atom is -0.339 e. The average molecular weight is 278 g/mol. The maximum atomic E-state index is 3.53. The van der Waals surface area contributed by atoms with Crippen molar-refractivity contribution in [2.24, 2.45) is 0 Å². The van der Waals surface area contributed by atoms with Gasteiger partial charge in [0.05, 0.1) is 0 Å². The lowest BCUT2D eigenvalue weighted by Crippen LogP contribution is -2.19. The van der Waals surface area contributed by atoms with Crippen molar-refractivity contribution in [3.63, 3.8) is 0 Å². The smallest absolute Gasteiger partial charge is 0.208 e. The van der Waals surface area contributed by atoms with E-state index >= 15 is 0 Å². The fraction of sp³-hybridized carbons (Fsp3) is 0.316. The summed E-state index contributed by atoms with van der Waals surface area (Å²) in [5, 5.41) is 0. The first-order valence-corrected chi connectivity index (χ1v) is 7.50. The van der Waals surface area contributed by atoms with Crippen molar-refractivity contribution in [2.75, 3.05) is 22.9 Å². The lowest BCUT2D eigenvalue weighted by atomic mass is 10.1. The molecule has 1 heterocycles. The quantitative estimate of drug-likeness (QED) is 0.810. The van der Waals surface area contributed by atoms with Gasteiger partial charge in [-0.15, -0.1) is 0 Å². The fourth-order valence-corrected chi connectivity index (χ4v) is 2.81. The Morgan fingerprint density at radius 2 is 1.14 bits per heavy atom. The van der Waals surface area contributed by atoms with Crippen LogP contribution < -0.4 is 9.80 Å². The van der Waals surface area contributed by atoms with E-state index in [2.05, 4.69) is 80.6 Å². The average Bonchev–Trinajstić information content (AvgIpc) is 2.93. The first kappa shape index (κ1) is 14.0. The molecule has 2 nitrogen and oxygen atoms in total. The largest absolute Gasteiger partial charge is 0.339 e. The summed E-state index contributed by atoms with van der Waals surface area (Å²) in [5.41, 5.74) is 7.72. The van der Waals surface area contributed by atoms with E-state index in [4.69, 9.17) is 0 Å². The minimum absolute atomic E-state index is 0.984. The first-order chi connectivity index (χ1) is 10.0. The van der Waals surface area contributed by atoms with Gasteiger partial charge in [0.2, 0.25) is 6.67 Å². The Labute approximate surface area is 128 Å². The Bertz CT molecular complexity index is 603. The van der Waals surface area contributed by atoms with Crippen molar-refractivity contribution in [3.8, 4) is 0 Å². The van der Waals surface area contributed by atoms with Crippen molar-refractivity contribution < 1.29 is 0 Å². The van der Waals surface area contributed by atoms with Crippen LogP contribution in [0.15, 0.2) is 36.4 Å². The van der Waals surface area contributed by atoms with Crippen LogP contribution in [0.1, 0.15) is 22.3 Å². The molecule has 2 radical (unpaired) electrons. The van der Waals surface area contributed by atoms with Gasteiger partial charge in [-0.1, -0.05) is 24.3 Å². The highest BCUT2D eigenvalue weighted by Crippen LogP contribution is 2.30. The molecule has 2 aromatic rings. The normalized spacial score (nSPS) is 14.9. The number of rotatable bonds is 2. The molecule has 108 valence electrons. The van der Waals surface area contributed by atoms with Gasteiger partial charge in [-0.3, -0.25) is 0 Å². The molecule has 1 aliphatic rings. The summed E-state index contributed by atoms with van der Waals surface area (Å²) in [4.78, 5) is 4.48. The third-order valence-electron chi connectivity index (χ3n) is 4.10. The number of aryl methyl sites for hydroxylation is 4. The lowest BCUT2D eigenvalue weighted by molar-refractivity contribution is 1.02. The van der Waals surface area contributed by atoms with Crippen LogP contribution in [-0.2, 0) is 0 Å². The van der Waals surface area contributed by atoms with Crippen molar-refractivity contribution in [3.05, 3.63) is 65.3 Å². The van der Waals surface area contributed by atoms with Crippen LogP contribution in [0.3, 0.4) is 0 Å². The highest BCUT2D eigenvalue weighted by Gasteiger charge is 2.24. The van der Waals surface area contributed by atoms with Gasteiger partial charge in [0.15, 0.2) is 0 Å². The third-order valence-corrected chi connectivity index (χ3v) is 4.10. The summed E-state index contributed by atoms with van der Waals surface area (Å²) in [6.45, 7) is 14.1. The maximum Gasteiger partial charge on any atom is 0.208 e. The molecular formula is C19H22N2. The first-order valence-electron chi connectivity index (χ1n) is 7.50. The van der Waals surface area contributed by atoms with Gasteiger partial charge in [-0.25, -0.2) is 0 Å². The predicted molar refractivity (Wildman–Crippen MR) is 89.8 cm³/mol. The van der Waals surface area contributed by atoms with Gasteiger partial charge < -0.3 is 9.80 Å². The van der Waals surface area contributed by atoms with E-state index in [0.29, 0.717) is 0 Å². The number of nitrogens with zero attached hydrogens (tertiary/aromatic N) is 2. The van der Waals surface area contributed by atoms with Gasteiger partial charge in [0.25, 0.3) is 0 Å². The van der Waals surface area contributed by atoms with E-state index in [9.17, 15) is 0 Å². The molecule has 0 amide bonds. The minimum atomic E-state index is 0.984. The van der Waals surface area contributed by atoms with E-state index in [1.807, 2.05) is 0 Å². The Morgan fingerprint density at radius 3 is 1.57 bits per heavy atom. The van der Waals surface area contributed by atoms with E-state index in [0.717, 1.165) is 13.1 Å². The van der Waals surface area contributed by atoms with E-state index in [1.165, 1.54) is 33.6 Å². The molecule has 0 N–H and O–H groups in total. The van der Waals surface area contributed by atoms with Gasteiger partial charge in [-0.05, 0) is 62.1 Å². The van der Waals surface area contributed by atoms with Crippen LogP contribution in [-0.4, -0.2) is 13.1 Å². The molecular weight excluding hydrogens is 256 g/mol. The molecule has 3 rings (SSSR count). The second-order valence-electron chi connectivity index (χ2n) is 5.98. The highest BCUT2D eigenvalue weighted by atomic mass is 15.4. The zero-order valence-corrected chi connectivity index (χ0v) is 13.3. The molecule has 0 saturated carbocycles. The summed E-state index contributed by atoms with van der Waals surface area (Å²) in [5.74, 6) is 0. The monoisotopic (exact) mass is 278 g/mol. The molecule has 21 heavy (non-hydrogen) atoms. The maximum absolute atomic E-state index is 3.53. The van der Waals surface area contributed by atoms with Crippen LogP contribution in [0, 0.1) is 34.4 Å². The molecule has 0 atom stereocenters. The molecule has 2 heteroatoms. The van der Waals surface area contributed by atoms with Gasteiger partial charge in [0.1, 0.15) is 0 Å². The van der Waals surface area contributed by atoms with E-state index in [1.54, 1.807) is 0 Å². The molecule has 1 aliphatic heterocycles. The van der Waals surface area contributed by atoms with Gasteiger partial charge in [0, 0.05) is 24.5 Å². The fourth-order valence-electron chi connectivity index (χ4n) is 2.81. The van der Waals surface area contributed by atoms with Crippen molar-refractivity contribution in [1.82, 2.24) is 0 Å². The summed E-state index contributed by atoms with van der Waals surface area (Å²) >= 11 is 0. The summed E-state index contributed by atoms with van der Waals surface area (Å²) in [7, 11) is 0. The Morgan fingerprint density at radius 1 is 0.714 bits per heavy atom. The second kappa shape index (κ2) is 5.44. The van der Waals surface area contributed by atoms with Crippen LogP contribution in [0.5, 0.6) is 0 Å². The van der Waals surface area contributed by atoms with Crippen LogP contribution in [0.2, 0.25) is 0 Å². The zero-order chi connectivity index (χ0) is 15.0. The molecule has 0 spiro atoms. The predicted octanol–water partition coefficient (Wildman–Crippen LogP) is 4.24. The molecule has 0 bridgehead atoms. The second-order valence-corrected chi connectivity index (χ2v) is 5.98. The zero-order valence-electron chi connectivity index (χ0n) is 13.3. The molecule has 1 fully saturated rings. The van der Waals surface area contributed by atoms with E-state index in [-0.39, 0.29) is 0 Å². The topological polar surface area (TPSA) is 6.48 Å². The van der Waals surface area contributed by atoms with Gasteiger partial charge >= 0.3 is 0 Å². The molecule has 0 aromatic heterocycles. The van der Waals surface area contributed by atoms with Crippen LogP contribution >= 0.6 is 0 Å². The molecule has 0 aliphatic carbocycles.